The number of ether oxygens (including phenoxy) is 2. The molecule has 2 rings (SSSR count). The van der Waals surface area contributed by atoms with E-state index in [0.717, 1.165) is 19.3 Å². The van der Waals surface area contributed by atoms with Crippen molar-refractivity contribution < 1.29 is 14.3 Å². The fraction of sp³-hybridized carbons (Fsp3) is 0.650. The minimum absolute atomic E-state index is 0.0480. The van der Waals surface area contributed by atoms with E-state index in [-0.39, 0.29) is 11.4 Å². The predicted octanol–water partition coefficient (Wildman–Crippen LogP) is 4.13. The number of hydrogen-bond acceptors (Lipinski definition) is 4. The lowest BCUT2D eigenvalue weighted by atomic mass is 9.96. The highest BCUT2D eigenvalue weighted by Crippen LogP contribution is 2.37. The first-order chi connectivity index (χ1) is 12.4. The summed E-state index contributed by atoms with van der Waals surface area (Å²) in [5.74, 6) is 0.886. The first kappa shape index (κ1) is 20.8. The second kappa shape index (κ2) is 9.47. The number of rotatable bonds is 9. The molecule has 0 unspecified atom stereocenters. The second-order valence-electron chi connectivity index (χ2n) is 7.08. The van der Waals surface area contributed by atoms with Gasteiger partial charge in [0.1, 0.15) is 0 Å². The molecule has 0 bridgehead atoms. The Balaban J connectivity index is 2.15. The Kier molecular flexibility index (Phi) is 7.59. The number of halogens is 1. The summed E-state index contributed by atoms with van der Waals surface area (Å²) in [7, 11) is 4.17. The van der Waals surface area contributed by atoms with Crippen molar-refractivity contribution in [3.8, 4) is 11.5 Å². The van der Waals surface area contributed by atoms with E-state index in [1.807, 2.05) is 13.8 Å². The van der Waals surface area contributed by atoms with Crippen LogP contribution in [0.3, 0.4) is 0 Å². The lowest BCUT2D eigenvalue weighted by molar-refractivity contribution is 0.0899. The van der Waals surface area contributed by atoms with Gasteiger partial charge in [0, 0.05) is 17.6 Å². The second-order valence-corrected chi connectivity index (χ2v) is 7.48. The molecule has 1 saturated carbocycles. The van der Waals surface area contributed by atoms with Gasteiger partial charge in [-0.15, -0.1) is 0 Å². The molecule has 1 amide bonds. The molecule has 0 aromatic heterocycles. The monoisotopic (exact) mass is 382 g/mol. The van der Waals surface area contributed by atoms with E-state index in [4.69, 9.17) is 21.1 Å². The van der Waals surface area contributed by atoms with Gasteiger partial charge in [-0.2, -0.15) is 0 Å². The molecule has 5 nitrogen and oxygen atoms in total. The molecule has 6 heteroatoms. The smallest absolute Gasteiger partial charge is 0.251 e. The van der Waals surface area contributed by atoms with Crippen LogP contribution in [0, 0.1) is 0 Å². The standard InChI is InChI=1S/C20H31ClN2O3/c1-5-11-26-18-16(21)12-15(13-17(18)25-6-2)19(24)22-14-20(23(3)4)9-7-8-10-20/h12-13H,5-11,14H2,1-4H3,(H,22,24). The van der Waals surface area contributed by atoms with Gasteiger partial charge in [0.25, 0.3) is 5.91 Å². The van der Waals surface area contributed by atoms with Crippen molar-refractivity contribution in [3.63, 3.8) is 0 Å². The highest BCUT2D eigenvalue weighted by atomic mass is 35.5. The largest absolute Gasteiger partial charge is 0.490 e. The average molecular weight is 383 g/mol. The lowest BCUT2D eigenvalue weighted by Crippen LogP contribution is -2.50. The van der Waals surface area contributed by atoms with Gasteiger partial charge >= 0.3 is 0 Å². The predicted molar refractivity (Wildman–Crippen MR) is 106 cm³/mol. The summed E-state index contributed by atoms with van der Waals surface area (Å²) >= 11 is 6.36. The number of nitrogens with zero attached hydrogens (tertiary/aromatic N) is 1. The van der Waals surface area contributed by atoms with Gasteiger partial charge < -0.3 is 19.7 Å². The maximum atomic E-state index is 12.7. The topological polar surface area (TPSA) is 50.8 Å². The molecular formula is C20H31ClN2O3. The Morgan fingerprint density at radius 1 is 1.23 bits per heavy atom. The molecule has 1 aliphatic rings. The lowest BCUT2D eigenvalue weighted by Gasteiger charge is -2.36. The molecule has 0 aliphatic heterocycles. The highest BCUT2D eigenvalue weighted by Gasteiger charge is 2.36. The van der Waals surface area contributed by atoms with Crippen molar-refractivity contribution in [3.05, 3.63) is 22.7 Å². The van der Waals surface area contributed by atoms with Crippen molar-refractivity contribution in [1.29, 1.82) is 0 Å². The minimum atomic E-state index is -0.136. The molecule has 0 spiro atoms. The third kappa shape index (κ3) is 4.83. The van der Waals surface area contributed by atoms with E-state index in [0.29, 0.717) is 41.8 Å². The van der Waals surface area contributed by atoms with Crippen LogP contribution in [0.2, 0.25) is 5.02 Å². The number of nitrogens with one attached hydrogen (secondary N) is 1. The first-order valence-corrected chi connectivity index (χ1v) is 9.86. The normalized spacial score (nSPS) is 15.9. The molecule has 26 heavy (non-hydrogen) atoms. The summed E-state index contributed by atoms with van der Waals surface area (Å²) < 4.78 is 11.3. The van der Waals surface area contributed by atoms with Crippen molar-refractivity contribution in [2.45, 2.75) is 51.5 Å². The Morgan fingerprint density at radius 3 is 2.50 bits per heavy atom. The van der Waals surface area contributed by atoms with Crippen LogP contribution in [0.15, 0.2) is 12.1 Å². The zero-order valence-electron chi connectivity index (χ0n) is 16.4. The van der Waals surface area contributed by atoms with Gasteiger partial charge in [-0.3, -0.25) is 4.79 Å². The van der Waals surface area contributed by atoms with E-state index in [1.54, 1.807) is 12.1 Å². The maximum Gasteiger partial charge on any atom is 0.251 e. The fourth-order valence-electron chi connectivity index (χ4n) is 3.47. The molecule has 0 saturated heterocycles. The molecule has 0 atom stereocenters. The van der Waals surface area contributed by atoms with E-state index in [1.165, 1.54) is 12.8 Å². The number of amides is 1. The van der Waals surface area contributed by atoms with Crippen LogP contribution in [-0.4, -0.2) is 50.2 Å². The highest BCUT2D eigenvalue weighted by molar-refractivity contribution is 6.32. The molecular weight excluding hydrogens is 352 g/mol. The number of carbonyl (C=O) groups is 1. The van der Waals surface area contributed by atoms with Crippen molar-refractivity contribution in [2.24, 2.45) is 0 Å². The zero-order valence-corrected chi connectivity index (χ0v) is 17.1. The van der Waals surface area contributed by atoms with E-state index in [9.17, 15) is 4.79 Å². The SMILES string of the molecule is CCCOc1c(Cl)cc(C(=O)NCC2(N(C)C)CCCC2)cc1OCC. The van der Waals surface area contributed by atoms with Crippen LogP contribution in [0.5, 0.6) is 11.5 Å². The molecule has 1 N–H and O–H groups in total. The Bertz CT molecular complexity index is 613. The van der Waals surface area contributed by atoms with Crippen LogP contribution in [0.25, 0.3) is 0 Å². The third-order valence-electron chi connectivity index (χ3n) is 5.08. The van der Waals surface area contributed by atoms with Gasteiger partial charge in [0.05, 0.1) is 18.2 Å². The van der Waals surface area contributed by atoms with Crippen LogP contribution >= 0.6 is 11.6 Å². The zero-order chi connectivity index (χ0) is 19.2. The number of hydrogen-bond donors (Lipinski definition) is 1. The van der Waals surface area contributed by atoms with Crippen LogP contribution in [-0.2, 0) is 0 Å². The Hall–Kier alpha value is -1.46. The molecule has 0 heterocycles. The van der Waals surface area contributed by atoms with Gasteiger partial charge in [-0.05, 0) is 52.4 Å². The minimum Gasteiger partial charge on any atom is -0.490 e. The average Bonchev–Trinajstić information content (AvgIpc) is 3.09. The summed E-state index contributed by atoms with van der Waals surface area (Å²) in [6, 6.07) is 3.37. The summed E-state index contributed by atoms with van der Waals surface area (Å²) in [6.07, 6.45) is 5.50. The van der Waals surface area contributed by atoms with E-state index < -0.39 is 0 Å². The van der Waals surface area contributed by atoms with Crippen molar-refractivity contribution in [2.75, 3.05) is 33.9 Å². The fourth-order valence-corrected chi connectivity index (χ4v) is 3.73. The molecule has 1 aromatic rings. The van der Waals surface area contributed by atoms with E-state index >= 15 is 0 Å². The van der Waals surface area contributed by atoms with Crippen LogP contribution in [0.1, 0.15) is 56.3 Å². The Labute approximate surface area is 162 Å². The number of carbonyl (C=O) groups excluding carboxylic acids is 1. The third-order valence-corrected chi connectivity index (χ3v) is 5.36. The summed E-state index contributed by atoms with van der Waals surface area (Å²) in [4.78, 5) is 15.0. The van der Waals surface area contributed by atoms with Gasteiger partial charge in [0.2, 0.25) is 0 Å². The van der Waals surface area contributed by atoms with Crippen molar-refractivity contribution in [1.82, 2.24) is 10.2 Å². The Morgan fingerprint density at radius 2 is 1.92 bits per heavy atom. The van der Waals surface area contributed by atoms with Gasteiger partial charge in [0.15, 0.2) is 11.5 Å². The molecule has 1 fully saturated rings. The summed E-state index contributed by atoms with van der Waals surface area (Å²) in [5, 5.41) is 3.49. The van der Waals surface area contributed by atoms with Gasteiger partial charge in [-0.25, -0.2) is 0 Å². The number of benzene rings is 1. The molecule has 146 valence electrons. The molecule has 0 radical (unpaired) electrons. The number of likely N-dealkylation sites (N-methyl/N-ethyl adjacent to an activating group) is 1. The molecule has 1 aromatic carbocycles. The molecule has 1 aliphatic carbocycles. The quantitative estimate of drug-likeness (QED) is 0.697. The summed E-state index contributed by atoms with van der Waals surface area (Å²) in [5.41, 5.74) is 0.543. The van der Waals surface area contributed by atoms with E-state index in [2.05, 4.69) is 24.3 Å². The first-order valence-electron chi connectivity index (χ1n) is 9.48. The maximum absolute atomic E-state index is 12.7. The van der Waals surface area contributed by atoms with Gasteiger partial charge in [-0.1, -0.05) is 31.4 Å². The van der Waals surface area contributed by atoms with Crippen LogP contribution < -0.4 is 14.8 Å². The summed E-state index contributed by atoms with van der Waals surface area (Å²) in [6.45, 7) is 5.59. The van der Waals surface area contributed by atoms with Crippen molar-refractivity contribution >= 4 is 17.5 Å². The van der Waals surface area contributed by atoms with Crippen LogP contribution in [0.4, 0.5) is 0 Å².